The van der Waals surface area contributed by atoms with Gasteiger partial charge in [-0.1, -0.05) is 0 Å². The quantitative estimate of drug-likeness (QED) is 0.578. The molecule has 1 saturated carbocycles. The van der Waals surface area contributed by atoms with Gasteiger partial charge in [0.05, 0.1) is 11.3 Å². The predicted molar refractivity (Wildman–Crippen MR) is 126 cm³/mol. The van der Waals surface area contributed by atoms with Crippen molar-refractivity contribution in [3.63, 3.8) is 0 Å². The molecule has 35 heavy (non-hydrogen) atoms. The summed E-state index contributed by atoms with van der Waals surface area (Å²) in [7, 11) is 3.92. The number of fused-ring (bicyclic) bond motifs is 1. The lowest BCUT2D eigenvalue weighted by molar-refractivity contribution is -0.137. The van der Waals surface area contributed by atoms with Crippen LogP contribution in [0.3, 0.4) is 0 Å². The monoisotopic (exact) mass is 494 g/mol. The third kappa shape index (κ3) is 5.59. The highest BCUT2D eigenvalue weighted by atomic mass is 19.4. The number of nitrogens with one attached hydrogen (secondary N) is 1. The zero-order valence-corrected chi connectivity index (χ0v) is 19.8. The second-order valence-electron chi connectivity index (χ2n) is 9.45. The Bertz CT molecular complexity index is 1080. The molecule has 4 rings (SSSR count). The van der Waals surface area contributed by atoms with Crippen molar-refractivity contribution in [1.29, 1.82) is 0 Å². The smallest absolute Gasteiger partial charge is 0.362 e. The maximum Gasteiger partial charge on any atom is 0.416 e. The number of carbonyl (C=O) groups excluding carboxylic acids is 1. The van der Waals surface area contributed by atoms with Crippen LogP contribution in [0.2, 0.25) is 0 Å². The number of rotatable bonds is 5. The average molecular weight is 495 g/mol. The number of alkyl halides is 3. The first-order valence-corrected chi connectivity index (χ1v) is 11.8. The van der Waals surface area contributed by atoms with Crippen LogP contribution in [-0.4, -0.2) is 42.2 Å². The van der Waals surface area contributed by atoms with Gasteiger partial charge in [0.25, 0.3) is 0 Å². The lowest BCUT2D eigenvalue weighted by Crippen LogP contribution is -2.47. The van der Waals surface area contributed by atoms with Crippen molar-refractivity contribution < 1.29 is 22.4 Å². The molecule has 2 aromatic rings. The van der Waals surface area contributed by atoms with Gasteiger partial charge < -0.3 is 16.0 Å². The van der Waals surface area contributed by atoms with Crippen LogP contribution in [0.25, 0.3) is 0 Å². The second kappa shape index (κ2) is 9.87. The molecule has 1 aromatic heterocycles. The normalized spacial score (nSPS) is 20.2. The van der Waals surface area contributed by atoms with Crippen molar-refractivity contribution in [2.24, 2.45) is 5.73 Å². The summed E-state index contributed by atoms with van der Waals surface area (Å²) in [6.45, 7) is 0. The largest absolute Gasteiger partial charge is 0.416 e. The van der Waals surface area contributed by atoms with E-state index in [0.717, 1.165) is 54.2 Å². The molecule has 0 bridgehead atoms. The van der Waals surface area contributed by atoms with Crippen LogP contribution in [0.15, 0.2) is 18.2 Å². The van der Waals surface area contributed by atoms with E-state index in [1.165, 1.54) is 5.56 Å². The van der Waals surface area contributed by atoms with E-state index < -0.39 is 29.6 Å². The number of hydrogen-bond donors (Lipinski definition) is 2. The van der Waals surface area contributed by atoms with Crippen LogP contribution in [0, 0.1) is 5.82 Å². The SMILES string of the molecule is CN(C)c1nc(N[C@H]2CC[C@@H](N(C(N)=O)c3cc(F)cc(C(F)(F)F)c3)CC2)nc2c1CCCC2. The number of nitrogens with zero attached hydrogens (tertiary/aromatic N) is 4. The molecule has 3 N–H and O–H groups in total. The maximum atomic E-state index is 14.0. The predicted octanol–water partition coefficient (Wildman–Crippen LogP) is 4.89. The van der Waals surface area contributed by atoms with Crippen LogP contribution in [0.4, 0.5) is 39.8 Å². The summed E-state index contributed by atoms with van der Waals surface area (Å²) in [4.78, 5) is 24.7. The Hall–Kier alpha value is -3.11. The van der Waals surface area contributed by atoms with Gasteiger partial charge in [-0.2, -0.15) is 18.2 Å². The molecule has 2 amide bonds. The number of primary amides is 1. The molecular weight excluding hydrogens is 464 g/mol. The minimum atomic E-state index is -4.73. The van der Waals surface area contributed by atoms with E-state index in [1.54, 1.807) is 0 Å². The van der Waals surface area contributed by atoms with Crippen molar-refractivity contribution in [3.8, 4) is 0 Å². The zero-order chi connectivity index (χ0) is 25.3. The Balaban J connectivity index is 1.48. The molecule has 1 aromatic carbocycles. The highest BCUT2D eigenvalue weighted by Gasteiger charge is 2.34. The number of aryl methyl sites for hydroxylation is 1. The Morgan fingerprint density at radius 3 is 2.37 bits per heavy atom. The molecule has 0 aliphatic heterocycles. The molecule has 0 saturated heterocycles. The summed E-state index contributed by atoms with van der Waals surface area (Å²) in [6, 6.07) is 0.778. The van der Waals surface area contributed by atoms with Gasteiger partial charge in [0.15, 0.2) is 0 Å². The molecule has 0 unspecified atom stereocenters. The van der Waals surface area contributed by atoms with Crippen molar-refractivity contribution >= 4 is 23.5 Å². The van der Waals surface area contributed by atoms with E-state index in [4.69, 9.17) is 15.7 Å². The van der Waals surface area contributed by atoms with Gasteiger partial charge in [0.1, 0.15) is 11.6 Å². The molecule has 2 aliphatic carbocycles. The molecular formula is C24H30F4N6O. The van der Waals surface area contributed by atoms with Crippen molar-refractivity contribution in [3.05, 3.63) is 40.8 Å². The fraction of sp³-hybridized carbons (Fsp3) is 0.542. The van der Waals surface area contributed by atoms with Crippen LogP contribution in [-0.2, 0) is 19.0 Å². The number of carbonyl (C=O) groups is 1. The number of nitrogens with two attached hydrogens (primary N) is 1. The van der Waals surface area contributed by atoms with E-state index in [1.807, 2.05) is 19.0 Å². The Kier molecular flexibility index (Phi) is 7.05. The number of aromatic nitrogens is 2. The topological polar surface area (TPSA) is 87.4 Å². The Morgan fingerprint density at radius 1 is 1.06 bits per heavy atom. The van der Waals surface area contributed by atoms with Gasteiger partial charge >= 0.3 is 12.2 Å². The van der Waals surface area contributed by atoms with Crippen LogP contribution < -0.4 is 20.9 Å². The Morgan fingerprint density at radius 2 is 1.74 bits per heavy atom. The van der Waals surface area contributed by atoms with Gasteiger partial charge in [0, 0.05) is 37.4 Å². The highest BCUT2D eigenvalue weighted by Crippen LogP contribution is 2.35. The summed E-state index contributed by atoms with van der Waals surface area (Å²) in [5, 5.41) is 3.40. The molecule has 1 heterocycles. The summed E-state index contributed by atoms with van der Waals surface area (Å²) >= 11 is 0. The number of anilines is 3. The van der Waals surface area contributed by atoms with Gasteiger partial charge in [-0.25, -0.2) is 14.2 Å². The van der Waals surface area contributed by atoms with E-state index >= 15 is 0 Å². The first-order chi connectivity index (χ1) is 16.5. The number of urea groups is 1. The van der Waals surface area contributed by atoms with Crippen molar-refractivity contribution in [2.75, 3.05) is 29.2 Å². The number of hydrogen-bond acceptors (Lipinski definition) is 5. The summed E-state index contributed by atoms with van der Waals surface area (Å²) in [5.41, 5.74) is 6.44. The fourth-order valence-electron chi connectivity index (χ4n) is 5.06. The fourth-order valence-corrected chi connectivity index (χ4v) is 5.06. The number of benzene rings is 1. The summed E-state index contributed by atoms with van der Waals surface area (Å²) < 4.78 is 53.5. The third-order valence-corrected chi connectivity index (χ3v) is 6.71. The minimum Gasteiger partial charge on any atom is -0.362 e. The van der Waals surface area contributed by atoms with Gasteiger partial charge in [0.2, 0.25) is 5.95 Å². The Labute approximate surface area is 201 Å². The maximum absolute atomic E-state index is 14.0. The highest BCUT2D eigenvalue weighted by molar-refractivity contribution is 5.91. The molecule has 7 nitrogen and oxygen atoms in total. The van der Waals surface area contributed by atoms with E-state index in [0.29, 0.717) is 37.7 Å². The van der Waals surface area contributed by atoms with Gasteiger partial charge in [-0.3, -0.25) is 4.90 Å². The molecule has 2 aliphatic rings. The second-order valence-corrected chi connectivity index (χ2v) is 9.45. The van der Waals surface area contributed by atoms with Crippen LogP contribution >= 0.6 is 0 Å². The molecule has 190 valence electrons. The van der Waals surface area contributed by atoms with E-state index in [-0.39, 0.29) is 11.7 Å². The van der Waals surface area contributed by atoms with Crippen LogP contribution in [0.5, 0.6) is 0 Å². The standard InChI is InChI=1S/C24H30F4N6O/c1-33(2)21-19-5-3-4-6-20(19)31-23(32-21)30-16-7-9-17(10-8-16)34(22(29)35)18-12-14(24(26,27)28)11-15(25)13-18/h11-13,16-17H,3-10H2,1-2H3,(H2,29,35)(H,30,31,32)/t16-,17+. The molecule has 11 heteroatoms. The number of amides is 2. The molecule has 0 atom stereocenters. The third-order valence-electron chi connectivity index (χ3n) is 6.71. The van der Waals surface area contributed by atoms with Gasteiger partial charge in [-0.15, -0.1) is 0 Å². The molecule has 0 spiro atoms. The first-order valence-electron chi connectivity index (χ1n) is 11.8. The number of halogens is 4. The van der Waals surface area contributed by atoms with E-state index in [9.17, 15) is 22.4 Å². The van der Waals surface area contributed by atoms with E-state index in [2.05, 4.69) is 5.32 Å². The van der Waals surface area contributed by atoms with Crippen molar-refractivity contribution in [2.45, 2.75) is 69.6 Å². The lowest BCUT2D eigenvalue weighted by atomic mass is 9.90. The summed E-state index contributed by atoms with van der Waals surface area (Å²) in [6.07, 6.45) is 1.62. The van der Waals surface area contributed by atoms with Crippen molar-refractivity contribution in [1.82, 2.24) is 9.97 Å². The van der Waals surface area contributed by atoms with Crippen LogP contribution in [0.1, 0.15) is 55.3 Å². The molecule has 1 fully saturated rings. The first kappa shape index (κ1) is 25.0. The average Bonchev–Trinajstić information content (AvgIpc) is 2.78. The van der Waals surface area contributed by atoms with Gasteiger partial charge in [-0.05, 0) is 69.6 Å². The minimum absolute atomic E-state index is 0.0378. The zero-order valence-electron chi connectivity index (χ0n) is 19.8. The lowest BCUT2D eigenvalue weighted by Gasteiger charge is -2.36. The molecule has 0 radical (unpaired) electrons. The summed E-state index contributed by atoms with van der Waals surface area (Å²) in [5.74, 6) is 0.402.